The van der Waals surface area contributed by atoms with E-state index in [0.717, 1.165) is 22.3 Å². The van der Waals surface area contributed by atoms with Gasteiger partial charge in [0.05, 0.1) is 18.2 Å². The summed E-state index contributed by atoms with van der Waals surface area (Å²) < 4.78 is 24.6. The summed E-state index contributed by atoms with van der Waals surface area (Å²) in [5.74, 6) is -2.58. The fraction of sp³-hybridized carbons (Fsp3) is 0.409. The van der Waals surface area contributed by atoms with Crippen LogP contribution in [0.5, 0.6) is 5.75 Å². The Labute approximate surface area is 326 Å². The first-order valence-corrected chi connectivity index (χ1v) is 19.1. The zero-order valence-electron chi connectivity index (χ0n) is 32.0. The van der Waals surface area contributed by atoms with Gasteiger partial charge in [-0.15, -0.1) is 0 Å². The summed E-state index contributed by atoms with van der Waals surface area (Å²) in [6, 6.07) is 21.5. The van der Waals surface area contributed by atoms with Gasteiger partial charge in [-0.2, -0.15) is 0 Å². The quantitative estimate of drug-likeness (QED) is 0.166. The summed E-state index contributed by atoms with van der Waals surface area (Å²) in [4.78, 5) is 52.0. The molecule has 1 fully saturated rings. The third kappa shape index (κ3) is 10.5. The van der Waals surface area contributed by atoms with E-state index < -0.39 is 59.5 Å². The molecule has 4 N–H and O–H groups in total. The van der Waals surface area contributed by atoms with Crippen molar-refractivity contribution in [1.29, 1.82) is 0 Å². The summed E-state index contributed by atoms with van der Waals surface area (Å²) in [5, 5.41) is 25.3. The number of phenols is 1. The molecule has 2 aliphatic carbocycles. The number of amides is 2. The van der Waals surface area contributed by atoms with Gasteiger partial charge in [0.2, 0.25) is 11.8 Å². The van der Waals surface area contributed by atoms with E-state index in [0.29, 0.717) is 30.4 Å². The number of benzene rings is 3. The first kappa shape index (κ1) is 40.4. The first-order chi connectivity index (χ1) is 26.8. The molecule has 1 heterocycles. The van der Waals surface area contributed by atoms with E-state index in [2.05, 4.69) is 10.6 Å². The van der Waals surface area contributed by atoms with Crippen LogP contribution in [-0.2, 0) is 52.6 Å². The van der Waals surface area contributed by atoms with Gasteiger partial charge in [-0.05, 0) is 80.1 Å². The van der Waals surface area contributed by atoms with E-state index in [9.17, 15) is 29.4 Å². The summed E-state index contributed by atoms with van der Waals surface area (Å²) >= 11 is 0. The van der Waals surface area contributed by atoms with Crippen molar-refractivity contribution in [3.63, 3.8) is 0 Å². The second-order valence-electron chi connectivity index (χ2n) is 15.5. The number of rotatable bonds is 14. The van der Waals surface area contributed by atoms with Gasteiger partial charge in [0.25, 0.3) is 0 Å². The molecule has 12 heteroatoms. The third-order valence-electron chi connectivity index (χ3n) is 9.87. The lowest BCUT2D eigenvalue weighted by atomic mass is 9.91. The summed E-state index contributed by atoms with van der Waals surface area (Å²) in [6.45, 7) is 4.94. The fourth-order valence-electron chi connectivity index (χ4n) is 7.24. The Morgan fingerprint density at radius 1 is 0.964 bits per heavy atom. The summed E-state index contributed by atoms with van der Waals surface area (Å²) in [7, 11) is 0. The van der Waals surface area contributed by atoms with Crippen molar-refractivity contribution in [1.82, 2.24) is 10.6 Å². The van der Waals surface area contributed by atoms with Gasteiger partial charge in [-0.1, -0.05) is 66.7 Å². The molecule has 2 amide bonds. The Morgan fingerprint density at radius 2 is 1.70 bits per heavy atom. The number of para-hydroxylation sites is 1. The average Bonchev–Trinajstić information content (AvgIpc) is 3.71. The molecule has 3 aliphatic rings. The zero-order valence-corrected chi connectivity index (χ0v) is 32.0. The molecule has 4 unspecified atom stereocenters. The molecule has 0 aromatic heterocycles. The van der Waals surface area contributed by atoms with Crippen molar-refractivity contribution >= 4 is 29.8 Å². The first-order valence-electron chi connectivity index (χ1n) is 19.1. The highest BCUT2D eigenvalue weighted by molar-refractivity contribution is 5.94. The van der Waals surface area contributed by atoms with Crippen LogP contribution >= 0.6 is 0 Å². The number of phenolic OH excluding ortho intramolecular Hbond substituents is 1. The van der Waals surface area contributed by atoms with Crippen molar-refractivity contribution in [3.05, 3.63) is 118 Å². The number of nitrogens with one attached hydrogen (secondary N) is 2. The van der Waals surface area contributed by atoms with Crippen LogP contribution in [0.1, 0.15) is 79.1 Å². The third-order valence-corrected chi connectivity index (χ3v) is 9.87. The molecule has 6 rings (SSSR count). The van der Waals surface area contributed by atoms with E-state index in [1.165, 1.54) is 0 Å². The number of hydrogen-bond acceptors (Lipinski definition) is 10. The van der Waals surface area contributed by atoms with Crippen LogP contribution in [0.2, 0.25) is 0 Å². The second kappa shape index (κ2) is 17.7. The Hall–Kier alpha value is -5.30. The number of allylic oxidation sites excluding steroid dienone is 1. The largest absolute Gasteiger partial charge is 0.508 e. The Morgan fingerprint density at radius 3 is 2.41 bits per heavy atom. The van der Waals surface area contributed by atoms with Crippen LogP contribution < -0.4 is 10.6 Å². The Kier molecular flexibility index (Phi) is 12.7. The minimum Gasteiger partial charge on any atom is -0.508 e. The molecule has 3 aromatic rings. The maximum atomic E-state index is 13.7. The van der Waals surface area contributed by atoms with Gasteiger partial charge in [-0.25, -0.2) is 4.79 Å². The summed E-state index contributed by atoms with van der Waals surface area (Å²) in [6.07, 6.45) is 5.10. The summed E-state index contributed by atoms with van der Waals surface area (Å²) in [5.41, 5.74) is 3.81. The Balaban J connectivity index is 1.09. The van der Waals surface area contributed by atoms with Crippen LogP contribution in [0, 0.1) is 0 Å². The number of aliphatic hydroxyl groups is 1. The number of carbonyl (C=O) groups excluding carboxylic acids is 4. The smallest absolute Gasteiger partial charge is 0.338 e. The molecule has 0 radical (unpaired) electrons. The molecule has 3 aromatic carbocycles. The molecule has 0 saturated carbocycles. The highest BCUT2D eigenvalue weighted by Crippen LogP contribution is 2.45. The van der Waals surface area contributed by atoms with Crippen molar-refractivity contribution in [3.8, 4) is 5.75 Å². The van der Waals surface area contributed by atoms with Crippen molar-refractivity contribution in [2.75, 3.05) is 13.2 Å². The van der Waals surface area contributed by atoms with Crippen molar-refractivity contribution in [2.45, 2.75) is 101 Å². The number of aromatic hydroxyl groups is 1. The average molecular weight is 767 g/mol. The zero-order chi connectivity index (χ0) is 39.9. The lowest BCUT2D eigenvalue weighted by Gasteiger charge is -2.30. The fourth-order valence-corrected chi connectivity index (χ4v) is 7.24. The molecule has 56 heavy (non-hydrogen) atoms. The standard InChI is InChI=1S/C44H50N2O10/c1-43(2,3)55-39(50)19-18-34(27-47)46-38(49)20-21-45-41(51)33-23-36(40-37(24-33)54-44(56-40)25-31-13-4-5-14-32(31)26-44)53-42(52)30-16-9-11-28(22-30)10-8-15-29-12-6-7-17-35(29)48/h4-14,16-17,22,24,34,36-37,40,47-48H,15,18-21,23,25-27H2,1-3H3,(H,45,51)(H,46,49). The van der Waals surface area contributed by atoms with Crippen LogP contribution in [-0.4, -0.2) is 82.9 Å². The minimum absolute atomic E-state index is 0.00553. The molecule has 12 nitrogen and oxygen atoms in total. The minimum atomic E-state index is -0.963. The highest BCUT2D eigenvalue weighted by Gasteiger charge is 2.55. The molecule has 296 valence electrons. The number of carbonyl (C=O) groups is 4. The highest BCUT2D eigenvalue weighted by atomic mass is 16.8. The van der Waals surface area contributed by atoms with Crippen molar-refractivity contribution < 1.29 is 48.3 Å². The van der Waals surface area contributed by atoms with Gasteiger partial charge < -0.3 is 39.8 Å². The number of aliphatic hydroxyl groups excluding tert-OH is 1. The van der Waals surface area contributed by atoms with Gasteiger partial charge >= 0.3 is 11.9 Å². The maximum absolute atomic E-state index is 13.7. The van der Waals surface area contributed by atoms with E-state index >= 15 is 0 Å². The topological polar surface area (TPSA) is 170 Å². The molecule has 4 atom stereocenters. The predicted molar refractivity (Wildman–Crippen MR) is 207 cm³/mol. The monoisotopic (exact) mass is 766 g/mol. The molecule has 0 bridgehead atoms. The van der Waals surface area contributed by atoms with Gasteiger partial charge in [-0.3, -0.25) is 14.4 Å². The van der Waals surface area contributed by atoms with Crippen LogP contribution in [0.25, 0.3) is 6.08 Å². The van der Waals surface area contributed by atoms with E-state index in [1.807, 2.05) is 54.6 Å². The maximum Gasteiger partial charge on any atom is 0.338 e. The molecular weight excluding hydrogens is 716 g/mol. The van der Waals surface area contributed by atoms with Gasteiger partial charge in [0, 0.05) is 44.2 Å². The lowest BCUT2D eigenvalue weighted by Crippen LogP contribution is -2.44. The van der Waals surface area contributed by atoms with E-state index in [1.54, 1.807) is 57.2 Å². The van der Waals surface area contributed by atoms with Gasteiger partial charge in [0.1, 0.15) is 29.7 Å². The van der Waals surface area contributed by atoms with Crippen LogP contribution in [0.3, 0.4) is 0 Å². The normalized spacial score (nSPS) is 20.1. The molecular formula is C44H50N2O10. The van der Waals surface area contributed by atoms with E-state index in [-0.39, 0.29) is 44.6 Å². The molecule has 1 aliphatic heterocycles. The second-order valence-corrected chi connectivity index (χ2v) is 15.5. The van der Waals surface area contributed by atoms with E-state index in [4.69, 9.17) is 18.9 Å². The number of ether oxygens (including phenoxy) is 4. The van der Waals surface area contributed by atoms with Gasteiger partial charge in [0.15, 0.2) is 5.79 Å². The predicted octanol–water partition coefficient (Wildman–Crippen LogP) is 4.89. The van der Waals surface area contributed by atoms with Crippen LogP contribution in [0.15, 0.2) is 90.5 Å². The molecule has 1 spiro atoms. The Bertz CT molecular complexity index is 1960. The van der Waals surface area contributed by atoms with Crippen molar-refractivity contribution in [2.24, 2.45) is 0 Å². The number of fused-ring (bicyclic) bond motifs is 2. The number of esters is 2. The lowest BCUT2D eigenvalue weighted by molar-refractivity contribution is -0.172. The SMILES string of the molecule is CC(C)(C)OC(=O)CCC(CO)NC(=O)CCNC(=O)C1=CC2OC3(Cc4ccccc4C3)OC2C(OC(=O)c2cccc(C=CCc3ccccc3O)c2)C1. The number of hydrogen-bond donors (Lipinski definition) is 4. The molecule has 1 saturated heterocycles. The van der Waals surface area contributed by atoms with Crippen LogP contribution in [0.4, 0.5) is 0 Å².